The van der Waals surface area contributed by atoms with E-state index in [-0.39, 0.29) is 0 Å². The Morgan fingerprint density at radius 3 is 2.67 bits per heavy atom. The third kappa shape index (κ3) is 2.04. The van der Waals surface area contributed by atoms with Crippen LogP contribution in [0.2, 0.25) is 0 Å². The molecule has 0 spiro atoms. The van der Waals surface area contributed by atoms with Crippen molar-refractivity contribution < 1.29 is 13.2 Å². The van der Waals surface area contributed by atoms with E-state index in [0.29, 0.717) is 5.76 Å². The summed E-state index contributed by atoms with van der Waals surface area (Å²) in [5.74, 6) is -2.55. The topological polar surface area (TPSA) is 39.2 Å². The molecule has 0 unspecified atom stereocenters. The molecule has 0 radical (unpaired) electrons. The van der Waals surface area contributed by atoms with Gasteiger partial charge in [-0.3, -0.25) is 0 Å². The van der Waals surface area contributed by atoms with Crippen molar-refractivity contribution >= 4 is 0 Å². The summed E-state index contributed by atoms with van der Waals surface area (Å²) in [4.78, 5) is 0. The Kier molecular flexibility index (Phi) is 2.47. The van der Waals surface area contributed by atoms with Gasteiger partial charge in [-0.1, -0.05) is 0 Å². The molecule has 0 saturated carbocycles. The molecule has 0 amide bonds. The van der Waals surface area contributed by atoms with E-state index in [2.05, 4.69) is 0 Å². The SMILES string of the molecule is Cc1ccoc1CC(F)(F)CN. The van der Waals surface area contributed by atoms with Gasteiger partial charge < -0.3 is 10.2 Å². The minimum atomic E-state index is -2.86. The molecular formula is C8H11F2NO. The van der Waals surface area contributed by atoms with Crippen molar-refractivity contribution in [2.24, 2.45) is 5.73 Å². The van der Waals surface area contributed by atoms with Crippen LogP contribution in [0.15, 0.2) is 16.7 Å². The molecule has 0 atom stereocenters. The van der Waals surface area contributed by atoms with Crippen LogP contribution in [0.1, 0.15) is 11.3 Å². The highest BCUT2D eigenvalue weighted by atomic mass is 19.3. The summed E-state index contributed by atoms with van der Waals surface area (Å²) in [6, 6.07) is 1.65. The maximum atomic E-state index is 12.7. The smallest absolute Gasteiger partial charge is 0.267 e. The van der Waals surface area contributed by atoms with Crippen LogP contribution in [-0.4, -0.2) is 12.5 Å². The lowest BCUT2D eigenvalue weighted by Crippen LogP contribution is -2.30. The normalized spacial score (nSPS) is 12.0. The summed E-state index contributed by atoms with van der Waals surface area (Å²) in [5.41, 5.74) is 5.62. The third-order valence-electron chi connectivity index (χ3n) is 1.69. The Labute approximate surface area is 69.4 Å². The Morgan fingerprint density at radius 2 is 2.25 bits per heavy atom. The zero-order valence-electron chi connectivity index (χ0n) is 6.81. The van der Waals surface area contributed by atoms with Gasteiger partial charge in [-0.2, -0.15) is 0 Å². The van der Waals surface area contributed by atoms with Crippen LogP contribution in [0, 0.1) is 6.92 Å². The molecule has 0 aromatic carbocycles. The summed E-state index contributed by atoms with van der Waals surface area (Å²) in [6.07, 6.45) is 0.986. The molecule has 2 nitrogen and oxygen atoms in total. The van der Waals surface area contributed by atoms with Gasteiger partial charge in [0, 0.05) is 0 Å². The van der Waals surface area contributed by atoms with E-state index in [1.165, 1.54) is 6.26 Å². The molecule has 1 aromatic heterocycles. The van der Waals surface area contributed by atoms with E-state index in [0.717, 1.165) is 5.56 Å². The molecule has 68 valence electrons. The molecule has 0 saturated heterocycles. The summed E-state index contributed by atoms with van der Waals surface area (Å²) < 4.78 is 30.3. The number of rotatable bonds is 3. The highest BCUT2D eigenvalue weighted by molar-refractivity contribution is 5.15. The molecule has 0 aliphatic rings. The number of furan rings is 1. The summed E-state index contributed by atoms with van der Waals surface area (Å²) >= 11 is 0. The monoisotopic (exact) mass is 175 g/mol. The second-order valence-electron chi connectivity index (χ2n) is 2.76. The highest BCUT2D eigenvalue weighted by Gasteiger charge is 2.29. The zero-order chi connectivity index (χ0) is 9.19. The molecule has 1 heterocycles. The van der Waals surface area contributed by atoms with E-state index in [1.807, 2.05) is 0 Å². The predicted octanol–water partition coefficient (Wildman–Crippen LogP) is 1.72. The lowest BCUT2D eigenvalue weighted by molar-refractivity contribution is 0.00652. The van der Waals surface area contributed by atoms with Crippen molar-refractivity contribution in [1.29, 1.82) is 0 Å². The fourth-order valence-electron chi connectivity index (χ4n) is 0.892. The first kappa shape index (κ1) is 9.19. The fourth-order valence-corrected chi connectivity index (χ4v) is 0.892. The first-order valence-electron chi connectivity index (χ1n) is 3.66. The lowest BCUT2D eigenvalue weighted by atomic mass is 10.1. The number of hydrogen-bond acceptors (Lipinski definition) is 2. The van der Waals surface area contributed by atoms with Crippen molar-refractivity contribution in [2.45, 2.75) is 19.3 Å². The van der Waals surface area contributed by atoms with Crippen LogP contribution >= 0.6 is 0 Å². The summed E-state index contributed by atoms with van der Waals surface area (Å²) in [6.45, 7) is 1.08. The van der Waals surface area contributed by atoms with E-state index in [4.69, 9.17) is 10.2 Å². The van der Waals surface area contributed by atoms with Crippen molar-refractivity contribution in [3.8, 4) is 0 Å². The van der Waals surface area contributed by atoms with E-state index >= 15 is 0 Å². The molecule has 0 fully saturated rings. The molecule has 2 N–H and O–H groups in total. The third-order valence-corrected chi connectivity index (χ3v) is 1.69. The maximum Gasteiger partial charge on any atom is 0.267 e. The maximum absolute atomic E-state index is 12.7. The second-order valence-corrected chi connectivity index (χ2v) is 2.76. The van der Waals surface area contributed by atoms with Gasteiger partial charge in [0.1, 0.15) is 5.76 Å². The van der Waals surface area contributed by atoms with Gasteiger partial charge in [-0.05, 0) is 18.6 Å². The van der Waals surface area contributed by atoms with Crippen LogP contribution in [0.4, 0.5) is 8.78 Å². The van der Waals surface area contributed by atoms with Crippen molar-refractivity contribution in [3.05, 3.63) is 23.7 Å². The van der Waals surface area contributed by atoms with E-state index in [9.17, 15) is 8.78 Å². The van der Waals surface area contributed by atoms with Gasteiger partial charge in [0.25, 0.3) is 5.92 Å². The Morgan fingerprint density at radius 1 is 1.58 bits per heavy atom. The van der Waals surface area contributed by atoms with E-state index in [1.54, 1.807) is 13.0 Å². The van der Waals surface area contributed by atoms with Crippen LogP contribution in [0.25, 0.3) is 0 Å². The Balaban J connectivity index is 2.70. The van der Waals surface area contributed by atoms with Gasteiger partial charge in [0.05, 0.1) is 19.2 Å². The molecule has 12 heavy (non-hydrogen) atoms. The largest absolute Gasteiger partial charge is 0.469 e. The van der Waals surface area contributed by atoms with Crippen molar-refractivity contribution in [2.75, 3.05) is 6.54 Å². The van der Waals surface area contributed by atoms with Gasteiger partial charge in [-0.25, -0.2) is 8.78 Å². The molecule has 1 aromatic rings. The lowest BCUT2D eigenvalue weighted by Gasteiger charge is -2.11. The number of alkyl halides is 2. The van der Waals surface area contributed by atoms with Gasteiger partial charge in [0.2, 0.25) is 0 Å². The molecule has 0 bridgehead atoms. The quantitative estimate of drug-likeness (QED) is 0.759. The Bertz CT molecular complexity index is 257. The second kappa shape index (κ2) is 3.23. The van der Waals surface area contributed by atoms with Crippen LogP contribution in [0.3, 0.4) is 0 Å². The summed E-state index contributed by atoms with van der Waals surface area (Å²) in [5, 5.41) is 0. The standard InChI is InChI=1S/C8H11F2NO/c1-6-2-3-12-7(6)4-8(9,10)5-11/h2-3H,4-5,11H2,1H3. The Hall–Kier alpha value is -0.900. The predicted molar refractivity (Wildman–Crippen MR) is 41.2 cm³/mol. The summed E-state index contributed by atoms with van der Waals surface area (Å²) in [7, 11) is 0. The first-order valence-corrected chi connectivity index (χ1v) is 3.66. The van der Waals surface area contributed by atoms with Gasteiger partial charge >= 0.3 is 0 Å². The van der Waals surface area contributed by atoms with Crippen LogP contribution in [0.5, 0.6) is 0 Å². The van der Waals surface area contributed by atoms with Crippen LogP contribution in [-0.2, 0) is 6.42 Å². The number of aryl methyl sites for hydroxylation is 1. The average molecular weight is 175 g/mol. The number of nitrogens with two attached hydrogens (primary N) is 1. The zero-order valence-corrected chi connectivity index (χ0v) is 6.81. The molecular weight excluding hydrogens is 164 g/mol. The van der Waals surface area contributed by atoms with Gasteiger partial charge in [-0.15, -0.1) is 0 Å². The minimum Gasteiger partial charge on any atom is -0.469 e. The average Bonchev–Trinajstić information content (AvgIpc) is 2.36. The molecule has 0 aliphatic heterocycles. The minimum absolute atomic E-state index is 0.311. The molecule has 0 aliphatic carbocycles. The first-order chi connectivity index (χ1) is 5.55. The van der Waals surface area contributed by atoms with Crippen molar-refractivity contribution in [1.82, 2.24) is 0 Å². The molecule has 4 heteroatoms. The number of halogens is 2. The van der Waals surface area contributed by atoms with Gasteiger partial charge in [0.15, 0.2) is 0 Å². The fraction of sp³-hybridized carbons (Fsp3) is 0.500. The van der Waals surface area contributed by atoms with E-state index < -0.39 is 18.9 Å². The number of hydrogen-bond donors (Lipinski definition) is 1. The van der Waals surface area contributed by atoms with Crippen LogP contribution < -0.4 is 5.73 Å². The highest BCUT2D eigenvalue weighted by Crippen LogP contribution is 2.21. The van der Waals surface area contributed by atoms with Crippen molar-refractivity contribution in [3.63, 3.8) is 0 Å². The molecule has 1 rings (SSSR count).